The summed E-state index contributed by atoms with van der Waals surface area (Å²) in [5, 5.41) is 6.39. The first-order valence-corrected chi connectivity index (χ1v) is 12.1. The molecule has 7 nitrogen and oxygen atoms in total. The molecule has 0 aromatic carbocycles. The number of carbonyl (C=O) groups excluding carboxylic acids is 1. The van der Waals surface area contributed by atoms with E-state index in [0.717, 1.165) is 31.9 Å². The number of dihydropyridines is 1. The Bertz CT molecular complexity index is 815. The highest BCUT2D eigenvalue weighted by molar-refractivity contribution is 6.03. The minimum Gasteiger partial charge on any atom is -0.362 e. The molecule has 0 bridgehead atoms. The SMILES string of the molecule is CC1CN(C2CCN(C(C)C)CC2)CCN(C2C=CC=C(C(=O)Nc3ccncc3)N2)C1. The zero-order valence-corrected chi connectivity index (χ0v) is 19.7. The van der Waals surface area contributed by atoms with Gasteiger partial charge in [0.25, 0.3) is 5.91 Å². The maximum absolute atomic E-state index is 12.7. The number of anilines is 1. The first-order valence-electron chi connectivity index (χ1n) is 12.1. The van der Waals surface area contributed by atoms with Gasteiger partial charge in [-0.3, -0.25) is 19.6 Å². The number of likely N-dealkylation sites (tertiary alicyclic amines) is 1. The molecular formula is C25H38N6O. The fourth-order valence-electron chi connectivity index (χ4n) is 5.15. The average molecular weight is 439 g/mol. The summed E-state index contributed by atoms with van der Waals surface area (Å²) in [5.41, 5.74) is 1.35. The summed E-state index contributed by atoms with van der Waals surface area (Å²) in [5.74, 6) is 0.475. The van der Waals surface area contributed by atoms with E-state index in [4.69, 9.17) is 0 Å². The third-order valence-corrected chi connectivity index (χ3v) is 6.95. The Hall–Kier alpha value is -2.22. The molecule has 4 rings (SSSR count). The summed E-state index contributed by atoms with van der Waals surface area (Å²) in [4.78, 5) is 24.5. The summed E-state index contributed by atoms with van der Waals surface area (Å²) in [7, 11) is 0. The molecule has 2 N–H and O–H groups in total. The van der Waals surface area contributed by atoms with Crippen molar-refractivity contribution >= 4 is 11.6 Å². The van der Waals surface area contributed by atoms with Gasteiger partial charge in [-0.2, -0.15) is 0 Å². The molecule has 2 unspecified atom stereocenters. The highest BCUT2D eigenvalue weighted by Gasteiger charge is 2.31. The average Bonchev–Trinajstić information content (AvgIpc) is 3.01. The van der Waals surface area contributed by atoms with Gasteiger partial charge < -0.3 is 15.5 Å². The standard InChI is InChI=1S/C25H38N6O/c1-19(2)29-13-9-22(10-14-29)30-15-16-31(18-20(3)17-30)24-6-4-5-23(28-24)25(32)27-21-7-11-26-12-8-21/h4-8,11-12,19-20,22,24,28H,9-10,13-18H2,1-3H3,(H,26,27,32). The third kappa shape index (κ3) is 5.77. The molecule has 1 amide bonds. The summed E-state index contributed by atoms with van der Waals surface area (Å²) in [6.07, 6.45) is 12.0. The minimum atomic E-state index is -0.119. The molecule has 1 aromatic heterocycles. The van der Waals surface area contributed by atoms with Crippen LogP contribution in [0.2, 0.25) is 0 Å². The van der Waals surface area contributed by atoms with E-state index >= 15 is 0 Å². The van der Waals surface area contributed by atoms with Gasteiger partial charge in [-0.25, -0.2) is 0 Å². The van der Waals surface area contributed by atoms with E-state index in [0.29, 0.717) is 23.7 Å². The van der Waals surface area contributed by atoms with E-state index < -0.39 is 0 Å². The Morgan fingerprint density at radius 3 is 2.50 bits per heavy atom. The van der Waals surface area contributed by atoms with Crippen LogP contribution in [0.5, 0.6) is 0 Å². The molecule has 4 heterocycles. The smallest absolute Gasteiger partial charge is 0.271 e. The van der Waals surface area contributed by atoms with Crippen LogP contribution in [0, 0.1) is 5.92 Å². The van der Waals surface area contributed by atoms with E-state index in [2.05, 4.69) is 57.2 Å². The van der Waals surface area contributed by atoms with E-state index in [1.54, 1.807) is 24.5 Å². The lowest BCUT2D eigenvalue weighted by molar-refractivity contribution is -0.113. The highest BCUT2D eigenvalue weighted by Crippen LogP contribution is 2.22. The van der Waals surface area contributed by atoms with E-state index in [9.17, 15) is 4.79 Å². The largest absolute Gasteiger partial charge is 0.362 e. The fourth-order valence-corrected chi connectivity index (χ4v) is 5.15. The molecule has 174 valence electrons. The number of piperidine rings is 1. The van der Waals surface area contributed by atoms with E-state index in [1.807, 2.05) is 12.2 Å². The van der Waals surface area contributed by atoms with E-state index in [1.165, 1.54) is 25.9 Å². The van der Waals surface area contributed by atoms with Gasteiger partial charge in [0.15, 0.2) is 0 Å². The summed E-state index contributed by atoms with van der Waals surface area (Å²) >= 11 is 0. The van der Waals surface area contributed by atoms with Crippen LogP contribution in [0.25, 0.3) is 0 Å². The highest BCUT2D eigenvalue weighted by atomic mass is 16.2. The van der Waals surface area contributed by atoms with Gasteiger partial charge in [0.1, 0.15) is 5.70 Å². The third-order valence-electron chi connectivity index (χ3n) is 6.95. The normalized spacial score (nSPS) is 26.4. The van der Waals surface area contributed by atoms with Crippen LogP contribution in [0.1, 0.15) is 33.6 Å². The molecule has 2 saturated heterocycles. The summed E-state index contributed by atoms with van der Waals surface area (Å²) in [6, 6.07) is 4.94. The maximum Gasteiger partial charge on any atom is 0.271 e. The molecule has 2 fully saturated rings. The van der Waals surface area contributed by atoms with Crippen molar-refractivity contribution in [3.8, 4) is 0 Å². The van der Waals surface area contributed by atoms with E-state index in [-0.39, 0.29) is 12.1 Å². The van der Waals surface area contributed by atoms with Crippen molar-refractivity contribution in [3.05, 3.63) is 48.5 Å². The molecule has 3 aliphatic heterocycles. The Labute approximate surface area is 192 Å². The lowest BCUT2D eigenvalue weighted by Gasteiger charge is -2.40. The van der Waals surface area contributed by atoms with Crippen LogP contribution in [0.4, 0.5) is 5.69 Å². The Balaban J connectivity index is 1.32. The Morgan fingerprint density at radius 2 is 1.78 bits per heavy atom. The maximum atomic E-state index is 12.7. The number of hydrogen-bond acceptors (Lipinski definition) is 6. The number of pyridine rings is 1. The van der Waals surface area contributed by atoms with Gasteiger partial charge in [0.05, 0.1) is 6.17 Å². The van der Waals surface area contributed by atoms with Crippen molar-refractivity contribution in [2.24, 2.45) is 5.92 Å². The van der Waals surface area contributed by atoms with Crippen LogP contribution >= 0.6 is 0 Å². The monoisotopic (exact) mass is 438 g/mol. The molecule has 0 spiro atoms. The number of rotatable bonds is 5. The number of nitrogens with one attached hydrogen (secondary N) is 2. The number of hydrogen-bond donors (Lipinski definition) is 2. The molecule has 0 aliphatic carbocycles. The minimum absolute atomic E-state index is 0.0448. The number of aromatic nitrogens is 1. The Kier molecular flexibility index (Phi) is 7.60. The predicted octanol–water partition coefficient (Wildman–Crippen LogP) is 2.52. The van der Waals surface area contributed by atoms with Crippen molar-refractivity contribution in [2.45, 2.75) is 51.9 Å². The van der Waals surface area contributed by atoms with Crippen molar-refractivity contribution in [2.75, 3.05) is 44.6 Å². The van der Waals surface area contributed by atoms with Crippen molar-refractivity contribution in [1.29, 1.82) is 0 Å². The molecule has 7 heteroatoms. The number of amides is 1. The Morgan fingerprint density at radius 1 is 1.09 bits per heavy atom. The van der Waals surface area contributed by atoms with Crippen molar-refractivity contribution in [1.82, 2.24) is 25.0 Å². The van der Waals surface area contributed by atoms with Gasteiger partial charge in [-0.1, -0.05) is 13.0 Å². The molecule has 2 atom stereocenters. The van der Waals surface area contributed by atoms with Gasteiger partial charge in [0.2, 0.25) is 0 Å². The second-order valence-electron chi connectivity index (χ2n) is 9.70. The summed E-state index contributed by atoms with van der Waals surface area (Å²) < 4.78 is 0. The van der Waals surface area contributed by atoms with Crippen molar-refractivity contribution in [3.63, 3.8) is 0 Å². The van der Waals surface area contributed by atoms with Gasteiger partial charge in [0, 0.05) is 56.3 Å². The molecule has 0 radical (unpaired) electrons. The van der Waals surface area contributed by atoms with Crippen LogP contribution in [-0.4, -0.2) is 83.1 Å². The number of nitrogens with zero attached hydrogens (tertiary/aromatic N) is 4. The van der Waals surface area contributed by atoms with Crippen molar-refractivity contribution < 1.29 is 4.79 Å². The van der Waals surface area contributed by atoms with Gasteiger partial charge >= 0.3 is 0 Å². The summed E-state index contributed by atoms with van der Waals surface area (Å²) in [6.45, 7) is 13.7. The lowest BCUT2D eigenvalue weighted by atomic mass is 10.0. The van der Waals surface area contributed by atoms with Gasteiger partial charge in [-0.05, 0) is 70.0 Å². The molecular weight excluding hydrogens is 400 g/mol. The van der Waals surface area contributed by atoms with Crippen LogP contribution in [-0.2, 0) is 4.79 Å². The first-order chi connectivity index (χ1) is 15.5. The fraction of sp³-hybridized carbons (Fsp3) is 0.600. The number of allylic oxidation sites excluding steroid dienone is 2. The first kappa shape index (κ1) is 23.0. The number of carbonyl (C=O) groups is 1. The molecule has 32 heavy (non-hydrogen) atoms. The predicted molar refractivity (Wildman–Crippen MR) is 129 cm³/mol. The topological polar surface area (TPSA) is 63.7 Å². The second kappa shape index (κ2) is 10.6. The van der Waals surface area contributed by atoms with Crippen LogP contribution in [0.3, 0.4) is 0 Å². The quantitative estimate of drug-likeness (QED) is 0.737. The van der Waals surface area contributed by atoms with Crippen LogP contribution < -0.4 is 10.6 Å². The lowest BCUT2D eigenvalue weighted by Crippen LogP contribution is -2.50. The molecule has 0 saturated carbocycles. The zero-order valence-electron chi connectivity index (χ0n) is 19.7. The molecule has 3 aliphatic rings. The van der Waals surface area contributed by atoms with Crippen LogP contribution in [0.15, 0.2) is 48.5 Å². The molecule has 1 aromatic rings. The second-order valence-corrected chi connectivity index (χ2v) is 9.70. The van der Waals surface area contributed by atoms with Gasteiger partial charge in [-0.15, -0.1) is 0 Å². The zero-order chi connectivity index (χ0) is 22.5.